The van der Waals surface area contributed by atoms with E-state index in [1.54, 1.807) is 27.0 Å². The molecule has 0 radical (unpaired) electrons. The van der Waals surface area contributed by atoms with Crippen LogP contribution in [0.25, 0.3) is 0 Å². The summed E-state index contributed by atoms with van der Waals surface area (Å²) in [7, 11) is 0. The molecule has 135 heavy (non-hydrogen) atoms. The van der Waals surface area contributed by atoms with Gasteiger partial charge in [0.15, 0.2) is 0 Å². The van der Waals surface area contributed by atoms with E-state index >= 15 is 0 Å². The van der Waals surface area contributed by atoms with Crippen molar-refractivity contribution in [3.8, 4) is 0 Å². The Morgan fingerprint density at radius 3 is 1.11 bits per heavy atom. The highest BCUT2D eigenvalue weighted by atomic mass is 32.2. The lowest BCUT2D eigenvalue weighted by Crippen LogP contribution is -2.62. The van der Waals surface area contributed by atoms with E-state index in [1.807, 2.05) is 0 Å². The molecule has 19 atom stereocenters. The Morgan fingerprint density at radius 1 is 0.378 bits per heavy atom. The first-order valence-electron chi connectivity index (χ1n) is 44.9. The fraction of sp³-hybridized carbons (Fsp3) is 0.735. The second-order valence-corrected chi connectivity index (χ2v) is 35.1. The first kappa shape index (κ1) is 121. The molecule has 34 N–H and O–H groups in total. The molecule has 1 aliphatic heterocycles. The standard InChI is InChI=1S/C83H144N22O29S/c1-11-43(8)65(80(130)96-52(83(133)134)25-28-61(113)114)103-73(123)50(24-27-60(111)112)93-69(119)47(20-13-16-31-85)91-75(125)55(38-106)99-70(120)48(21-14-17-32-86)94-78(128)63(41(4)5)102-79(129)64(42(6)7)101-77(127)57-22-18-33-105(57)82(132)54(37-62(115)116)98-72(122)51(29-34-135-10)95-81(131)66(44(9)108)104-74(124)53(35-40(2)3)97-76(126)56(39-107)100-71(121)49(23-26-58(88)109)92-68(118)46(19-12-15-30-84)90-67(117)45(87)36-59(89)110/h40-57,63-66,106-108H,11-39,84-87H2,1-10H3,(H2,88,109)(H2,89,110)(H,90,117)(H,91,125)(H,92,118)(H,93,119)(H,94,128)(H,95,131)(H,96,130)(H,97,126)(H,98,122)(H,99,120)(H,100,121)(H,101,127)(H,102,129)(H,103,123)(H,104,124)(H,111,112)(H,113,114)(H,115,116)(H,133,134)/t43-,44+,45-,46-,47-,48-,49-,50-,51-,52-,53-,54-,55-,56-,57-,63-,64-,65-,66-/m0/s1. The Kier molecular flexibility index (Phi) is 57.2. The monoisotopic (exact) mass is 1950 g/mol. The Hall–Kier alpha value is -11.6. The molecule has 51 nitrogen and oxygen atoms in total. The van der Waals surface area contributed by atoms with E-state index in [0.29, 0.717) is 12.8 Å². The van der Waals surface area contributed by atoms with Crippen LogP contribution in [0.2, 0.25) is 0 Å². The van der Waals surface area contributed by atoms with Crippen molar-refractivity contribution in [2.24, 2.45) is 58.1 Å². The summed E-state index contributed by atoms with van der Waals surface area (Å²) in [5, 5.41) is 107. The molecule has 0 spiro atoms. The van der Waals surface area contributed by atoms with E-state index in [4.69, 9.17) is 39.5 Å². The zero-order valence-electron chi connectivity index (χ0n) is 78.1. The lowest BCUT2D eigenvalue weighted by molar-refractivity contribution is -0.146. The average molecular weight is 1950 g/mol. The zero-order chi connectivity index (χ0) is 103. The summed E-state index contributed by atoms with van der Waals surface area (Å²) in [6.45, 7) is 11.5. The van der Waals surface area contributed by atoms with Gasteiger partial charge in [0.25, 0.3) is 0 Å². The molecule has 766 valence electrons. The number of thioether (sulfide) groups is 1. The number of hydrogen-bond donors (Lipinski definition) is 28. The number of carboxylic acid groups (broad SMARTS) is 4. The molecular weight excluding hydrogens is 1800 g/mol. The Bertz CT molecular complexity index is 4000. The summed E-state index contributed by atoms with van der Waals surface area (Å²) in [5.41, 5.74) is 33.5. The second-order valence-electron chi connectivity index (χ2n) is 34.1. The minimum Gasteiger partial charge on any atom is -0.481 e. The smallest absolute Gasteiger partial charge is 0.326 e. The number of carbonyl (C=O) groups is 22. The predicted octanol–water partition coefficient (Wildman–Crippen LogP) is -9.08. The van der Waals surface area contributed by atoms with Crippen LogP contribution in [0, 0.1) is 23.7 Å². The molecule has 1 rings (SSSR count). The van der Waals surface area contributed by atoms with Crippen LogP contribution in [-0.2, 0) is 105 Å². The third-order valence-corrected chi connectivity index (χ3v) is 22.4. The molecule has 52 heteroatoms. The van der Waals surface area contributed by atoms with Crippen molar-refractivity contribution < 1.29 is 141 Å². The maximum atomic E-state index is 14.7. The number of aliphatic hydroxyl groups is 3. The average Bonchev–Trinajstić information content (AvgIpc) is 1.10. The van der Waals surface area contributed by atoms with Crippen LogP contribution in [0.4, 0.5) is 0 Å². The minimum atomic E-state index is -1.96. The maximum Gasteiger partial charge on any atom is 0.326 e. The molecule has 1 saturated heterocycles. The quantitative estimate of drug-likeness (QED) is 0.0252. The maximum absolute atomic E-state index is 14.7. The highest BCUT2D eigenvalue weighted by Gasteiger charge is 2.44. The lowest BCUT2D eigenvalue weighted by atomic mass is 9.96. The van der Waals surface area contributed by atoms with Crippen molar-refractivity contribution >= 4 is 142 Å². The largest absolute Gasteiger partial charge is 0.481 e. The van der Waals surface area contributed by atoms with Crippen molar-refractivity contribution in [3.05, 3.63) is 0 Å². The summed E-state index contributed by atoms with van der Waals surface area (Å²) in [4.78, 5) is 298. The van der Waals surface area contributed by atoms with E-state index in [1.165, 1.54) is 46.4 Å². The van der Waals surface area contributed by atoms with Crippen LogP contribution < -0.4 is 114 Å². The van der Waals surface area contributed by atoms with Crippen LogP contribution in [0.3, 0.4) is 0 Å². The number of unbranched alkanes of at least 4 members (excludes halogenated alkanes) is 3. The summed E-state index contributed by atoms with van der Waals surface area (Å²) in [6.07, 6.45) is -4.47. The SMILES string of the molecule is CC[C@H](C)[C@H](NC(=O)[C@H](CCC(=O)O)NC(=O)[C@H](CCCCN)NC(=O)[C@H](CO)NC(=O)[C@H](CCCCN)NC(=O)[C@@H](NC(=O)[C@@H](NC(=O)[C@@H]1CCCN1C(=O)[C@H](CC(=O)O)NC(=O)[C@H](CCSC)NC(=O)[C@@H](NC(=O)[C@H](CC(C)C)NC(=O)[C@H](CO)NC(=O)[C@H](CCC(N)=O)NC(=O)[C@H](CCCCN)NC(=O)[C@@H](N)CC(N)=O)[C@@H](C)O)C(C)C)C(C)C)C(=O)N[C@@H](CCC(=O)O)C(=O)O. The van der Waals surface area contributed by atoms with Gasteiger partial charge in [-0.2, -0.15) is 11.8 Å². The van der Waals surface area contributed by atoms with Crippen molar-refractivity contribution in [2.75, 3.05) is 51.4 Å². The van der Waals surface area contributed by atoms with Gasteiger partial charge < -0.3 is 155 Å². The molecule has 18 amide bonds. The van der Waals surface area contributed by atoms with Crippen LogP contribution in [0.15, 0.2) is 0 Å². The van der Waals surface area contributed by atoms with Crippen molar-refractivity contribution in [3.63, 3.8) is 0 Å². The molecule has 0 aromatic carbocycles. The highest BCUT2D eigenvalue weighted by Crippen LogP contribution is 2.23. The van der Waals surface area contributed by atoms with E-state index in [9.17, 15) is 136 Å². The number of primary amides is 2. The van der Waals surface area contributed by atoms with Gasteiger partial charge in [0.05, 0.1) is 38.2 Å². The number of nitrogens with two attached hydrogens (primary N) is 6. The normalized spacial score (nSPS) is 16.4. The van der Waals surface area contributed by atoms with E-state index in [-0.39, 0.29) is 109 Å². The summed E-state index contributed by atoms with van der Waals surface area (Å²) >= 11 is 1.18. The lowest BCUT2D eigenvalue weighted by Gasteiger charge is -2.32. The Morgan fingerprint density at radius 2 is 0.719 bits per heavy atom. The minimum absolute atomic E-state index is 0.0634. The fourth-order valence-corrected chi connectivity index (χ4v) is 14.3. The number of likely N-dealkylation sites (tertiary alicyclic amines) is 1. The van der Waals surface area contributed by atoms with E-state index < -0.39 is 327 Å². The highest BCUT2D eigenvalue weighted by molar-refractivity contribution is 7.98. The summed E-state index contributed by atoms with van der Waals surface area (Å²) in [6, 6.07) is -28.1. The van der Waals surface area contributed by atoms with Crippen LogP contribution in [0.1, 0.15) is 204 Å². The molecule has 0 unspecified atom stereocenters. The predicted molar refractivity (Wildman–Crippen MR) is 484 cm³/mol. The number of aliphatic hydroxyl groups excluding tert-OH is 3. The van der Waals surface area contributed by atoms with Gasteiger partial charge in [-0.25, -0.2) is 4.79 Å². The number of nitrogens with zero attached hydrogens (tertiary/aromatic N) is 1. The fourth-order valence-electron chi connectivity index (χ4n) is 13.8. The van der Waals surface area contributed by atoms with Crippen LogP contribution in [-0.4, -0.2) is 331 Å². The molecular formula is C83H144N22O29S. The number of amides is 18. The molecule has 0 aromatic heterocycles. The van der Waals surface area contributed by atoms with Gasteiger partial charge in [0, 0.05) is 25.8 Å². The van der Waals surface area contributed by atoms with E-state index in [2.05, 4.69) is 79.8 Å². The van der Waals surface area contributed by atoms with Crippen LogP contribution >= 0.6 is 11.8 Å². The van der Waals surface area contributed by atoms with Gasteiger partial charge in [-0.1, -0.05) is 61.8 Å². The van der Waals surface area contributed by atoms with Gasteiger partial charge >= 0.3 is 23.9 Å². The topological polar surface area (TPSA) is 857 Å². The Labute approximate surface area is 786 Å². The first-order chi connectivity index (χ1) is 63.4. The number of carbonyl (C=O) groups excluding carboxylic acids is 18. The summed E-state index contributed by atoms with van der Waals surface area (Å²) in [5.74, 6) is -27.8. The summed E-state index contributed by atoms with van der Waals surface area (Å²) < 4.78 is 0. The second kappa shape index (κ2) is 63.6. The number of rotatable bonds is 69. The number of aliphatic carboxylic acids is 4. The molecule has 1 fully saturated rings. The number of nitrogens with one attached hydrogen (secondary N) is 15. The Balaban J connectivity index is 3.59. The molecule has 0 bridgehead atoms. The van der Waals surface area contributed by atoms with Crippen molar-refractivity contribution in [2.45, 2.75) is 312 Å². The van der Waals surface area contributed by atoms with Crippen molar-refractivity contribution in [1.29, 1.82) is 0 Å². The third-order valence-electron chi connectivity index (χ3n) is 21.7. The number of hydrogen-bond acceptors (Lipinski definition) is 30. The van der Waals surface area contributed by atoms with Gasteiger partial charge in [0.1, 0.15) is 96.7 Å². The molecule has 0 aliphatic carbocycles. The first-order valence-corrected chi connectivity index (χ1v) is 46.3. The number of carboxylic acids is 4. The molecule has 1 aliphatic rings. The van der Waals surface area contributed by atoms with Gasteiger partial charge in [-0.15, -0.1) is 0 Å². The zero-order valence-corrected chi connectivity index (χ0v) is 79.0. The molecule has 0 saturated carbocycles. The third kappa shape index (κ3) is 45.1. The van der Waals surface area contributed by atoms with E-state index in [0.717, 1.165) is 11.8 Å². The van der Waals surface area contributed by atoms with Gasteiger partial charge in [-0.3, -0.25) is 101 Å². The van der Waals surface area contributed by atoms with Gasteiger partial charge in [-0.05, 0) is 165 Å². The molecule has 1 heterocycles. The van der Waals surface area contributed by atoms with Crippen molar-refractivity contribution in [1.82, 2.24) is 84.7 Å². The van der Waals surface area contributed by atoms with Crippen LogP contribution in [0.5, 0.6) is 0 Å². The molecule has 0 aromatic rings. The van der Waals surface area contributed by atoms with Gasteiger partial charge in [0.2, 0.25) is 106 Å².